The highest BCUT2D eigenvalue weighted by molar-refractivity contribution is 5.79. The van der Waals surface area contributed by atoms with Crippen LogP contribution in [0.2, 0.25) is 0 Å². The van der Waals surface area contributed by atoms with Crippen molar-refractivity contribution >= 4 is 17.0 Å². The Kier molecular flexibility index (Phi) is 1.95. The molecule has 5 nitrogen and oxygen atoms in total. The summed E-state index contributed by atoms with van der Waals surface area (Å²) in [6.45, 7) is 1.83. The van der Waals surface area contributed by atoms with Crippen LogP contribution < -0.4 is 5.73 Å². The van der Waals surface area contributed by atoms with E-state index in [1.54, 1.807) is 4.57 Å². The van der Waals surface area contributed by atoms with Crippen molar-refractivity contribution < 1.29 is 4.42 Å². The molecule has 2 aromatic heterocycles. The summed E-state index contributed by atoms with van der Waals surface area (Å²) in [7, 11) is 1.86. The van der Waals surface area contributed by atoms with Gasteiger partial charge in [-0.15, -0.1) is 0 Å². The number of nitrogen functional groups attached to an aromatic ring is 1. The maximum absolute atomic E-state index is 5.71. The van der Waals surface area contributed by atoms with Crippen molar-refractivity contribution in [3.8, 4) is 11.3 Å². The van der Waals surface area contributed by atoms with Crippen LogP contribution in [0.5, 0.6) is 0 Å². The number of nitrogens with two attached hydrogens (primary N) is 1. The highest BCUT2D eigenvalue weighted by Crippen LogP contribution is 2.24. The van der Waals surface area contributed by atoms with Gasteiger partial charge in [0.2, 0.25) is 0 Å². The molecule has 3 aromatic rings. The molecule has 0 atom stereocenters. The Labute approximate surface area is 97.9 Å². The zero-order valence-electron chi connectivity index (χ0n) is 9.64. The number of nitrogens with zero attached hydrogens (tertiary/aromatic N) is 3. The van der Waals surface area contributed by atoms with Crippen LogP contribution in [0.25, 0.3) is 22.4 Å². The predicted molar refractivity (Wildman–Crippen MR) is 65.4 cm³/mol. The summed E-state index contributed by atoms with van der Waals surface area (Å²) in [6.07, 6.45) is 1.89. The lowest BCUT2D eigenvalue weighted by Crippen LogP contribution is -1.94. The van der Waals surface area contributed by atoms with E-state index >= 15 is 0 Å². The fraction of sp³-hybridized carbons (Fsp3) is 0.167. The van der Waals surface area contributed by atoms with Gasteiger partial charge in [-0.05, 0) is 12.1 Å². The third kappa shape index (κ3) is 1.56. The first-order valence-corrected chi connectivity index (χ1v) is 5.30. The van der Waals surface area contributed by atoms with Crippen molar-refractivity contribution in [2.24, 2.45) is 7.05 Å². The lowest BCUT2D eigenvalue weighted by molar-refractivity contribution is 0.561. The van der Waals surface area contributed by atoms with E-state index < -0.39 is 0 Å². The molecule has 5 heteroatoms. The molecular weight excluding hydrogens is 216 g/mol. The molecule has 86 valence electrons. The minimum Gasteiger partial charge on any atom is -0.441 e. The van der Waals surface area contributed by atoms with E-state index in [1.807, 2.05) is 38.4 Å². The normalized spacial score (nSPS) is 11.2. The van der Waals surface area contributed by atoms with Crippen LogP contribution >= 0.6 is 0 Å². The second-order valence-electron chi connectivity index (χ2n) is 4.01. The van der Waals surface area contributed by atoms with Gasteiger partial charge in [-0.2, -0.15) is 0 Å². The molecule has 17 heavy (non-hydrogen) atoms. The number of fused-ring (bicyclic) bond motifs is 1. The van der Waals surface area contributed by atoms with Gasteiger partial charge >= 0.3 is 0 Å². The van der Waals surface area contributed by atoms with Crippen LogP contribution in [-0.4, -0.2) is 14.5 Å². The van der Waals surface area contributed by atoms with Gasteiger partial charge in [0.25, 0.3) is 0 Å². The van der Waals surface area contributed by atoms with Crippen LogP contribution in [-0.2, 0) is 7.05 Å². The minimum atomic E-state index is 0.494. The molecule has 0 unspecified atom stereocenters. The molecule has 0 fully saturated rings. The van der Waals surface area contributed by atoms with Crippen LogP contribution in [0.1, 0.15) is 5.89 Å². The molecule has 3 rings (SSSR count). The highest BCUT2D eigenvalue weighted by atomic mass is 16.3. The maximum Gasteiger partial charge on any atom is 0.200 e. The van der Waals surface area contributed by atoms with Crippen LogP contribution in [0, 0.1) is 6.92 Å². The standard InChI is InChI=1S/C12H12N4O/c1-7-14-9-4-3-8(5-11(9)17-7)10-6-16(2)12(13)15-10/h3-6H,1-2H3,(H2,13,15). The fourth-order valence-corrected chi connectivity index (χ4v) is 1.82. The highest BCUT2D eigenvalue weighted by Gasteiger charge is 2.08. The number of hydrogen-bond acceptors (Lipinski definition) is 4. The molecule has 0 amide bonds. The van der Waals surface area contributed by atoms with Crippen molar-refractivity contribution in [1.82, 2.24) is 14.5 Å². The Balaban J connectivity index is 2.16. The van der Waals surface area contributed by atoms with Gasteiger partial charge in [0.05, 0.1) is 5.69 Å². The Morgan fingerprint density at radius 1 is 1.29 bits per heavy atom. The first kappa shape index (κ1) is 9.89. The first-order valence-electron chi connectivity index (χ1n) is 5.30. The predicted octanol–water partition coefficient (Wildman–Crippen LogP) is 2.12. The number of aromatic nitrogens is 3. The molecule has 0 aliphatic carbocycles. The molecule has 0 radical (unpaired) electrons. The van der Waals surface area contributed by atoms with Crippen LogP contribution in [0.15, 0.2) is 28.8 Å². The third-order valence-corrected chi connectivity index (χ3v) is 2.70. The molecule has 2 heterocycles. The summed E-state index contributed by atoms with van der Waals surface area (Å²) in [5, 5.41) is 0. The number of oxazole rings is 1. The average molecular weight is 228 g/mol. The topological polar surface area (TPSA) is 69.9 Å². The second kappa shape index (κ2) is 3.35. The zero-order chi connectivity index (χ0) is 12.0. The van der Waals surface area contributed by atoms with Gasteiger partial charge in [0, 0.05) is 25.7 Å². The van der Waals surface area contributed by atoms with Gasteiger partial charge in [-0.1, -0.05) is 6.07 Å². The van der Waals surface area contributed by atoms with Crippen molar-refractivity contribution in [2.75, 3.05) is 5.73 Å². The molecule has 0 saturated carbocycles. The van der Waals surface area contributed by atoms with E-state index in [0.717, 1.165) is 22.4 Å². The molecule has 1 aromatic carbocycles. The molecule has 0 aliphatic heterocycles. The van der Waals surface area contributed by atoms with Gasteiger partial charge < -0.3 is 14.7 Å². The third-order valence-electron chi connectivity index (χ3n) is 2.70. The second-order valence-corrected chi connectivity index (χ2v) is 4.01. The Hall–Kier alpha value is -2.30. The zero-order valence-corrected chi connectivity index (χ0v) is 9.64. The van der Waals surface area contributed by atoms with Gasteiger partial charge in [-0.3, -0.25) is 0 Å². The van der Waals surface area contributed by atoms with E-state index in [4.69, 9.17) is 10.2 Å². The van der Waals surface area contributed by atoms with Crippen LogP contribution in [0.4, 0.5) is 5.95 Å². The maximum atomic E-state index is 5.71. The van der Waals surface area contributed by atoms with Crippen LogP contribution in [0.3, 0.4) is 0 Å². The molecule has 0 saturated heterocycles. The van der Waals surface area contributed by atoms with Crippen molar-refractivity contribution in [1.29, 1.82) is 0 Å². The van der Waals surface area contributed by atoms with E-state index in [-0.39, 0.29) is 0 Å². The van der Waals surface area contributed by atoms with E-state index in [9.17, 15) is 0 Å². The Bertz CT molecular complexity index is 676. The SMILES string of the molecule is Cc1nc2ccc(-c3cn(C)c(N)n3)cc2o1. The summed E-state index contributed by atoms with van der Waals surface area (Å²) in [5.41, 5.74) is 9.14. The Morgan fingerprint density at radius 3 is 2.82 bits per heavy atom. The number of benzene rings is 1. The molecule has 0 aliphatic rings. The van der Waals surface area contributed by atoms with Gasteiger partial charge in [0.1, 0.15) is 5.52 Å². The summed E-state index contributed by atoms with van der Waals surface area (Å²) >= 11 is 0. The van der Waals surface area contributed by atoms with Crippen molar-refractivity contribution in [2.45, 2.75) is 6.92 Å². The van der Waals surface area contributed by atoms with Crippen molar-refractivity contribution in [3.63, 3.8) is 0 Å². The monoisotopic (exact) mass is 228 g/mol. The van der Waals surface area contributed by atoms with Gasteiger partial charge in [-0.25, -0.2) is 9.97 Å². The number of imidazole rings is 1. The molecule has 2 N–H and O–H groups in total. The van der Waals surface area contributed by atoms with Crippen molar-refractivity contribution in [3.05, 3.63) is 30.3 Å². The fourth-order valence-electron chi connectivity index (χ4n) is 1.82. The van der Waals surface area contributed by atoms with E-state index in [2.05, 4.69) is 9.97 Å². The number of aryl methyl sites for hydroxylation is 2. The first-order chi connectivity index (χ1) is 8.13. The lowest BCUT2D eigenvalue weighted by atomic mass is 10.1. The summed E-state index contributed by atoms with van der Waals surface area (Å²) < 4.78 is 7.27. The summed E-state index contributed by atoms with van der Waals surface area (Å²) in [4.78, 5) is 8.53. The number of anilines is 1. The lowest BCUT2D eigenvalue weighted by Gasteiger charge is -1.94. The summed E-state index contributed by atoms with van der Waals surface area (Å²) in [5.74, 6) is 1.16. The minimum absolute atomic E-state index is 0.494. The summed E-state index contributed by atoms with van der Waals surface area (Å²) in [6, 6.07) is 5.81. The molecule has 0 spiro atoms. The van der Waals surface area contributed by atoms with E-state index in [1.165, 1.54) is 0 Å². The molecular formula is C12H12N4O. The number of rotatable bonds is 1. The number of hydrogen-bond donors (Lipinski definition) is 1. The average Bonchev–Trinajstić information content (AvgIpc) is 2.80. The molecule has 0 bridgehead atoms. The quantitative estimate of drug-likeness (QED) is 0.692. The van der Waals surface area contributed by atoms with E-state index in [0.29, 0.717) is 11.8 Å². The smallest absolute Gasteiger partial charge is 0.200 e. The Morgan fingerprint density at radius 2 is 2.12 bits per heavy atom. The largest absolute Gasteiger partial charge is 0.441 e. The van der Waals surface area contributed by atoms with Gasteiger partial charge in [0.15, 0.2) is 17.4 Å².